The smallest absolute Gasteiger partial charge is 0.259 e. The first kappa shape index (κ1) is 18.8. The number of hydrogen-bond acceptors (Lipinski definition) is 7. The van der Waals surface area contributed by atoms with Crippen LogP contribution in [0.2, 0.25) is 0 Å². The fourth-order valence-corrected chi connectivity index (χ4v) is 4.31. The molecular weight excluding hydrogens is 376 g/mol. The van der Waals surface area contributed by atoms with Gasteiger partial charge in [0.25, 0.3) is 5.91 Å². The van der Waals surface area contributed by atoms with Gasteiger partial charge < -0.3 is 9.80 Å². The Labute approximate surface area is 168 Å². The fraction of sp³-hybridized carbons (Fsp3) is 0.526. The van der Waals surface area contributed by atoms with E-state index >= 15 is 0 Å². The van der Waals surface area contributed by atoms with Gasteiger partial charge in [0.2, 0.25) is 11.0 Å². The molecule has 8 nitrogen and oxygen atoms in total. The third-order valence-corrected chi connectivity index (χ3v) is 6.07. The predicted molar refractivity (Wildman–Crippen MR) is 107 cm³/mol. The largest absolute Gasteiger partial charge is 0.353 e. The number of carbonyl (C=O) groups excluding carboxylic acids is 2. The summed E-state index contributed by atoms with van der Waals surface area (Å²) >= 11 is 1.27. The number of rotatable bonds is 4. The highest BCUT2D eigenvalue weighted by molar-refractivity contribution is 7.13. The number of carbonyl (C=O) groups is 2. The summed E-state index contributed by atoms with van der Waals surface area (Å²) in [6.07, 6.45) is 7.28. The Morgan fingerprint density at radius 2 is 1.86 bits per heavy atom. The topological polar surface area (TPSA) is 91.3 Å². The van der Waals surface area contributed by atoms with Crippen molar-refractivity contribution in [1.29, 1.82) is 0 Å². The average Bonchev–Trinajstić information content (AvgIpc) is 3.27. The Morgan fingerprint density at radius 3 is 2.50 bits per heavy atom. The molecule has 0 aromatic carbocycles. The molecule has 1 N–H and O–H groups in total. The maximum absolute atomic E-state index is 12.7. The van der Waals surface area contributed by atoms with Crippen molar-refractivity contribution in [2.45, 2.75) is 32.1 Å². The lowest BCUT2D eigenvalue weighted by Crippen LogP contribution is -2.50. The highest BCUT2D eigenvalue weighted by atomic mass is 32.1. The first-order valence-electron chi connectivity index (χ1n) is 9.78. The van der Waals surface area contributed by atoms with E-state index in [4.69, 9.17) is 0 Å². The second-order valence-electron chi connectivity index (χ2n) is 7.25. The van der Waals surface area contributed by atoms with Crippen molar-refractivity contribution >= 4 is 34.1 Å². The van der Waals surface area contributed by atoms with E-state index in [9.17, 15) is 9.59 Å². The SMILES string of the molecule is O=C(Nc1nncs1)c1ccc(N2CCN(C(=O)C3CCCCC3)CC2)nc1. The van der Waals surface area contributed by atoms with Crippen LogP contribution in [-0.2, 0) is 4.79 Å². The minimum atomic E-state index is -0.251. The number of aromatic nitrogens is 3. The summed E-state index contributed by atoms with van der Waals surface area (Å²) in [5.41, 5.74) is 2.04. The highest BCUT2D eigenvalue weighted by Crippen LogP contribution is 2.26. The molecule has 2 fully saturated rings. The van der Waals surface area contributed by atoms with E-state index in [1.807, 2.05) is 11.0 Å². The number of amides is 2. The standard InChI is InChI=1S/C19H24N6O2S/c26-17(22-19-23-21-13-28-19)15-6-7-16(20-12-15)24-8-10-25(11-9-24)18(27)14-4-2-1-3-5-14/h6-7,12-14H,1-5,8-11H2,(H,22,23,26). The highest BCUT2D eigenvalue weighted by Gasteiger charge is 2.28. The maximum Gasteiger partial charge on any atom is 0.259 e. The number of hydrogen-bond donors (Lipinski definition) is 1. The van der Waals surface area contributed by atoms with E-state index in [-0.39, 0.29) is 11.8 Å². The second kappa shape index (κ2) is 8.64. The Bertz CT molecular complexity index is 796. The Hall–Kier alpha value is -2.55. The fourth-order valence-electron chi connectivity index (χ4n) is 3.87. The molecule has 148 valence electrons. The molecule has 0 unspecified atom stereocenters. The minimum absolute atomic E-state index is 0.226. The van der Waals surface area contributed by atoms with Gasteiger partial charge in [0.05, 0.1) is 5.56 Å². The van der Waals surface area contributed by atoms with Crippen molar-refractivity contribution in [3.05, 3.63) is 29.4 Å². The molecule has 2 aromatic heterocycles. The van der Waals surface area contributed by atoms with Gasteiger partial charge in [-0.25, -0.2) is 4.98 Å². The summed E-state index contributed by atoms with van der Waals surface area (Å²) in [4.78, 5) is 33.5. The summed E-state index contributed by atoms with van der Waals surface area (Å²) < 4.78 is 0. The third kappa shape index (κ3) is 4.30. The van der Waals surface area contributed by atoms with Gasteiger partial charge in [-0.15, -0.1) is 10.2 Å². The van der Waals surface area contributed by atoms with Crippen molar-refractivity contribution in [3.63, 3.8) is 0 Å². The molecule has 28 heavy (non-hydrogen) atoms. The molecule has 0 bridgehead atoms. The van der Waals surface area contributed by atoms with Gasteiger partial charge in [-0.05, 0) is 25.0 Å². The minimum Gasteiger partial charge on any atom is -0.353 e. The molecule has 1 saturated carbocycles. The van der Waals surface area contributed by atoms with Gasteiger partial charge in [0.15, 0.2) is 0 Å². The molecule has 3 heterocycles. The molecule has 1 aliphatic carbocycles. The van der Waals surface area contributed by atoms with Crippen LogP contribution in [0.1, 0.15) is 42.5 Å². The van der Waals surface area contributed by atoms with E-state index < -0.39 is 0 Å². The Balaban J connectivity index is 1.30. The van der Waals surface area contributed by atoms with Crippen molar-refractivity contribution < 1.29 is 9.59 Å². The van der Waals surface area contributed by atoms with Gasteiger partial charge in [-0.1, -0.05) is 30.6 Å². The van der Waals surface area contributed by atoms with Crippen LogP contribution in [0.25, 0.3) is 0 Å². The summed E-state index contributed by atoms with van der Waals surface area (Å²) in [6, 6.07) is 3.62. The van der Waals surface area contributed by atoms with Gasteiger partial charge in [-0.3, -0.25) is 14.9 Å². The molecule has 1 saturated heterocycles. The Morgan fingerprint density at radius 1 is 1.07 bits per heavy atom. The van der Waals surface area contributed by atoms with Gasteiger partial charge >= 0.3 is 0 Å². The van der Waals surface area contributed by atoms with Crippen molar-refractivity contribution in [2.75, 3.05) is 36.4 Å². The molecule has 2 aromatic rings. The number of nitrogens with one attached hydrogen (secondary N) is 1. The quantitative estimate of drug-likeness (QED) is 0.847. The second-order valence-corrected chi connectivity index (χ2v) is 8.08. The van der Waals surface area contributed by atoms with E-state index in [0.29, 0.717) is 16.6 Å². The van der Waals surface area contributed by atoms with Crippen LogP contribution in [0.3, 0.4) is 0 Å². The Kier molecular flexibility index (Phi) is 5.80. The molecule has 1 aliphatic heterocycles. The molecule has 0 spiro atoms. The van der Waals surface area contributed by atoms with Crippen LogP contribution < -0.4 is 10.2 Å². The zero-order valence-electron chi connectivity index (χ0n) is 15.7. The van der Waals surface area contributed by atoms with Crippen LogP contribution in [0.15, 0.2) is 23.8 Å². The summed E-state index contributed by atoms with van der Waals surface area (Å²) in [5, 5.41) is 10.7. The first-order valence-corrected chi connectivity index (χ1v) is 10.7. The molecular formula is C19H24N6O2S. The van der Waals surface area contributed by atoms with Crippen LogP contribution in [0.4, 0.5) is 10.9 Å². The summed E-state index contributed by atoms with van der Waals surface area (Å²) in [6.45, 7) is 3.00. The van der Waals surface area contributed by atoms with Crippen LogP contribution in [0.5, 0.6) is 0 Å². The lowest BCUT2D eigenvalue weighted by molar-refractivity contribution is -0.136. The van der Waals surface area contributed by atoms with Crippen molar-refractivity contribution in [2.24, 2.45) is 5.92 Å². The van der Waals surface area contributed by atoms with Gasteiger partial charge in [-0.2, -0.15) is 0 Å². The van der Waals surface area contributed by atoms with Gasteiger partial charge in [0.1, 0.15) is 11.3 Å². The van der Waals surface area contributed by atoms with Crippen LogP contribution in [-0.4, -0.2) is 58.1 Å². The lowest BCUT2D eigenvalue weighted by Gasteiger charge is -2.37. The van der Waals surface area contributed by atoms with E-state index in [1.165, 1.54) is 30.6 Å². The van der Waals surface area contributed by atoms with E-state index in [1.54, 1.807) is 17.8 Å². The molecule has 0 radical (unpaired) electrons. The number of pyridine rings is 1. The van der Waals surface area contributed by atoms with Crippen LogP contribution in [0, 0.1) is 5.92 Å². The average molecular weight is 401 g/mol. The first-order chi connectivity index (χ1) is 13.7. The van der Waals surface area contributed by atoms with E-state index in [2.05, 4.69) is 25.4 Å². The van der Waals surface area contributed by atoms with Gasteiger partial charge in [0, 0.05) is 38.3 Å². The number of piperazine rings is 1. The zero-order chi connectivity index (χ0) is 19.3. The van der Waals surface area contributed by atoms with Crippen molar-refractivity contribution in [1.82, 2.24) is 20.1 Å². The molecule has 0 atom stereocenters. The summed E-state index contributed by atoms with van der Waals surface area (Å²) in [5.74, 6) is 1.14. The molecule has 9 heteroatoms. The zero-order valence-corrected chi connectivity index (χ0v) is 16.5. The van der Waals surface area contributed by atoms with E-state index in [0.717, 1.165) is 44.8 Å². The maximum atomic E-state index is 12.7. The molecule has 2 amide bonds. The molecule has 4 rings (SSSR count). The normalized spacial score (nSPS) is 18.1. The number of anilines is 2. The molecule has 2 aliphatic rings. The monoisotopic (exact) mass is 400 g/mol. The van der Waals surface area contributed by atoms with Crippen molar-refractivity contribution in [3.8, 4) is 0 Å². The predicted octanol–water partition coefficient (Wildman–Crippen LogP) is 2.41. The lowest BCUT2D eigenvalue weighted by atomic mass is 9.88. The number of nitrogens with zero attached hydrogens (tertiary/aromatic N) is 5. The van der Waals surface area contributed by atoms with Crippen LogP contribution >= 0.6 is 11.3 Å². The summed E-state index contributed by atoms with van der Waals surface area (Å²) in [7, 11) is 0. The third-order valence-electron chi connectivity index (χ3n) is 5.46.